The highest BCUT2D eigenvalue weighted by molar-refractivity contribution is 5.78. The topological polar surface area (TPSA) is 71.0 Å². The van der Waals surface area contributed by atoms with Gasteiger partial charge in [-0.3, -0.25) is 9.78 Å². The first-order valence-electron chi connectivity index (χ1n) is 8.89. The number of nitrogens with zero attached hydrogens (tertiary/aromatic N) is 4. The van der Waals surface area contributed by atoms with Gasteiger partial charge in [-0.25, -0.2) is 9.97 Å². The smallest absolute Gasteiger partial charge is 0.225 e. The third-order valence-corrected chi connectivity index (χ3v) is 4.45. The summed E-state index contributed by atoms with van der Waals surface area (Å²) in [5.41, 5.74) is 0.968. The number of hydrogen-bond acceptors (Lipinski definition) is 5. The zero-order chi connectivity index (χ0) is 17.6. The fourth-order valence-electron chi connectivity index (χ4n) is 3.19. The number of aromatic nitrogens is 3. The third kappa shape index (κ3) is 4.75. The van der Waals surface area contributed by atoms with Gasteiger partial charge in [0.2, 0.25) is 5.91 Å². The molecule has 6 nitrogen and oxygen atoms in total. The Bertz CT molecular complexity index is 687. The largest absolute Gasteiger partial charge is 0.342 e. The van der Waals surface area contributed by atoms with Crippen LogP contribution in [0.15, 0.2) is 36.8 Å². The second kappa shape index (κ2) is 8.05. The minimum Gasteiger partial charge on any atom is -0.342 e. The van der Waals surface area contributed by atoms with Crippen LogP contribution in [0.2, 0.25) is 0 Å². The first kappa shape index (κ1) is 17.3. The molecule has 0 saturated carbocycles. The Morgan fingerprint density at radius 2 is 2.12 bits per heavy atom. The molecule has 1 amide bonds. The van der Waals surface area contributed by atoms with Crippen molar-refractivity contribution < 1.29 is 4.79 Å². The Balaban J connectivity index is 1.57. The molecule has 1 aliphatic heterocycles. The molecule has 0 aliphatic carbocycles. The summed E-state index contributed by atoms with van der Waals surface area (Å²) in [7, 11) is 0. The van der Waals surface area contributed by atoms with E-state index in [9.17, 15) is 4.79 Å². The fraction of sp³-hybridized carbons (Fsp3) is 0.474. The summed E-state index contributed by atoms with van der Waals surface area (Å²) in [6.45, 7) is 5.63. The van der Waals surface area contributed by atoms with Gasteiger partial charge in [-0.15, -0.1) is 0 Å². The number of carbonyl (C=O) groups is 1. The van der Waals surface area contributed by atoms with Crippen LogP contribution in [0.25, 0.3) is 0 Å². The molecule has 0 radical (unpaired) electrons. The van der Waals surface area contributed by atoms with Crippen molar-refractivity contribution in [2.75, 3.05) is 18.4 Å². The molecule has 1 saturated heterocycles. The number of rotatable bonds is 5. The lowest BCUT2D eigenvalue weighted by Gasteiger charge is -2.33. The highest BCUT2D eigenvalue weighted by Crippen LogP contribution is 2.21. The summed E-state index contributed by atoms with van der Waals surface area (Å²) in [6, 6.07) is 5.68. The van der Waals surface area contributed by atoms with Crippen LogP contribution in [0.5, 0.6) is 0 Å². The van der Waals surface area contributed by atoms with E-state index in [1.807, 2.05) is 43.1 Å². The van der Waals surface area contributed by atoms with Gasteiger partial charge < -0.3 is 10.2 Å². The number of amides is 1. The standard InChI is InChI=1S/C19H25N5O/c1-14(2)19(25)24-9-5-6-15(13-24)10-16-11-22-18(12-21-16)23-17-7-3-4-8-20-17/h3-4,7-8,11-12,14-15H,5-6,9-10,13H2,1-2H3,(H,20,22,23)/t15-/m1/s1. The molecule has 0 aromatic carbocycles. The molecular formula is C19H25N5O. The summed E-state index contributed by atoms with van der Waals surface area (Å²) in [4.78, 5) is 27.4. The molecule has 0 spiro atoms. The van der Waals surface area contributed by atoms with E-state index in [1.54, 1.807) is 12.4 Å². The zero-order valence-corrected chi connectivity index (χ0v) is 14.9. The number of carbonyl (C=O) groups excluding carboxylic acids is 1. The van der Waals surface area contributed by atoms with Crippen LogP contribution < -0.4 is 5.32 Å². The van der Waals surface area contributed by atoms with E-state index in [0.717, 1.165) is 43.9 Å². The van der Waals surface area contributed by atoms with E-state index >= 15 is 0 Å². The Hall–Kier alpha value is -2.50. The Labute approximate surface area is 148 Å². The molecule has 6 heteroatoms. The van der Waals surface area contributed by atoms with Crippen molar-refractivity contribution in [1.82, 2.24) is 19.9 Å². The summed E-state index contributed by atoms with van der Waals surface area (Å²) < 4.78 is 0. The maximum absolute atomic E-state index is 12.2. The van der Waals surface area contributed by atoms with Gasteiger partial charge in [0.15, 0.2) is 0 Å². The van der Waals surface area contributed by atoms with Crippen molar-refractivity contribution in [3.8, 4) is 0 Å². The molecular weight excluding hydrogens is 314 g/mol. The third-order valence-electron chi connectivity index (χ3n) is 4.45. The molecule has 1 atom stereocenters. The van der Waals surface area contributed by atoms with Gasteiger partial charge in [0.05, 0.1) is 18.1 Å². The van der Waals surface area contributed by atoms with Gasteiger partial charge in [0.25, 0.3) is 0 Å². The van der Waals surface area contributed by atoms with E-state index in [0.29, 0.717) is 11.7 Å². The highest BCUT2D eigenvalue weighted by atomic mass is 16.2. The monoisotopic (exact) mass is 339 g/mol. The fourth-order valence-corrected chi connectivity index (χ4v) is 3.19. The molecule has 1 aliphatic rings. The van der Waals surface area contributed by atoms with Gasteiger partial charge in [0.1, 0.15) is 11.6 Å². The molecule has 3 rings (SSSR count). The molecule has 0 bridgehead atoms. The lowest BCUT2D eigenvalue weighted by molar-refractivity contribution is -0.136. The highest BCUT2D eigenvalue weighted by Gasteiger charge is 2.25. The molecule has 1 fully saturated rings. The van der Waals surface area contributed by atoms with Crippen LogP contribution in [-0.4, -0.2) is 38.8 Å². The zero-order valence-electron chi connectivity index (χ0n) is 14.9. The van der Waals surface area contributed by atoms with Gasteiger partial charge >= 0.3 is 0 Å². The van der Waals surface area contributed by atoms with Gasteiger partial charge in [-0.05, 0) is 37.3 Å². The predicted molar refractivity (Wildman–Crippen MR) is 97.4 cm³/mol. The predicted octanol–water partition coefficient (Wildman–Crippen LogP) is 3.05. The van der Waals surface area contributed by atoms with Gasteiger partial charge in [-0.2, -0.15) is 0 Å². The lowest BCUT2D eigenvalue weighted by Crippen LogP contribution is -2.42. The second-order valence-electron chi connectivity index (χ2n) is 6.88. The number of anilines is 2. The van der Waals surface area contributed by atoms with Crippen LogP contribution >= 0.6 is 0 Å². The van der Waals surface area contributed by atoms with Crippen molar-refractivity contribution in [1.29, 1.82) is 0 Å². The van der Waals surface area contributed by atoms with Crippen LogP contribution in [-0.2, 0) is 11.2 Å². The average molecular weight is 339 g/mol. The SMILES string of the molecule is CC(C)C(=O)N1CCC[C@H](Cc2cnc(Nc3ccccn3)cn2)C1. The minimum absolute atomic E-state index is 0.0653. The maximum atomic E-state index is 12.2. The first-order valence-corrected chi connectivity index (χ1v) is 8.89. The van der Waals surface area contributed by atoms with E-state index in [-0.39, 0.29) is 11.8 Å². The molecule has 2 aromatic rings. The maximum Gasteiger partial charge on any atom is 0.225 e. The Kier molecular flexibility index (Phi) is 5.58. The summed E-state index contributed by atoms with van der Waals surface area (Å²) in [5, 5.41) is 3.13. The second-order valence-corrected chi connectivity index (χ2v) is 6.88. The quantitative estimate of drug-likeness (QED) is 0.906. The number of nitrogens with one attached hydrogen (secondary N) is 1. The van der Waals surface area contributed by atoms with Gasteiger partial charge in [-0.1, -0.05) is 19.9 Å². The van der Waals surface area contributed by atoms with Crippen molar-refractivity contribution in [3.05, 3.63) is 42.5 Å². The van der Waals surface area contributed by atoms with E-state index in [4.69, 9.17) is 0 Å². The van der Waals surface area contributed by atoms with E-state index < -0.39 is 0 Å². The average Bonchev–Trinajstić information content (AvgIpc) is 2.64. The molecule has 2 aromatic heterocycles. The molecule has 1 N–H and O–H groups in total. The molecule has 25 heavy (non-hydrogen) atoms. The molecule has 3 heterocycles. The summed E-state index contributed by atoms with van der Waals surface area (Å²) in [5.74, 6) is 2.21. The van der Waals surface area contributed by atoms with Crippen LogP contribution in [0.4, 0.5) is 11.6 Å². The van der Waals surface area contributed by atoms with Crippen molar-refractivity contribution in [3.63, 3.8) is 0 Å². The molecule has 0 unspecified atom stereocenters. The van der Waals surface area contributed by atoms with Crippen molar-refractivity contribution >= 4 is 17.5 Å². The lowest BCUT2D eigenvalue weighted by atomic mass is 9.93. The number of likely N-dealkylation sites (tertiary alicyclic amines) is 1. The Morgan fingerprint density at radius 1 is 1.24 bits per heavy atom. The minimum atomic E-state index is 0.0653. The van der Waals surface area contributed by atoms with Crippen LogP contribution in [0, 0.1) is 11.8 Å². The molecule has 132 valence electrons. The van der Waals surface area contributed by atoms with Crippen LogP contribution in [0.3, 0.4) is 0 Å². The van der Waals surface area contributed by atoms with Crippen molar-refractivity contribution in [2.24, 2.45) is 11.8 Å². The van der Waals surface area contributed by atoms with Crippen LogP contribution in [0.1, 0.15) is 32.4 Å². The summed E-state index contributed by atoms with van der Waals surface area (Å²) in [6.07, 6.45) is 8.35. The first-order chi connectivity index (χ1) is 12.1. The summed E-state index contributed by atoms with van der Waals surface area (Å²) >= 11 is 0. The number of hydrogen-bond donors (Lipinski definition) is 1. The van der Waals surface area contributed by atoms with Crippen molar-refractivity contribution in [2.45, 2.75) is 33.1 Å². The number of pyridine rings is 1. The Morgan fingerprint density at radius 3 is 2.80 bits per heavy atom. The van der Waals surface area contributed by atoms with Gasteiger partial charge in [0, 0.05) is 25.2 Å². The normalized spacial score (nSPS) is 17.6. The van der Waals surface area contributed by atoms with E-state index in [2.05, 4.69) is 20.3 Å². The van der Waals surface area contributed by atoms with E-state index in [1.165, 1.54) is 0 Å². The number of piperidine rings is 1.